The number of rotatable bonds is 4. The molecule has 4 heteroatoms. The van der Waals surface area contributed by atoms with Gasteiger partial charge < -0.3 is 10.2 Å². The van der Waals surface area contributed by atoms with E-state index in [0.717, 1.165) is 32.5 Å². The quantitative estimate of drug-likeness (QED) is 0.901. The molecule has 2 heterocycles. The fourth-order valence-corrected chi connectivity index (χ4v) is 2.61. The van der Waals surface area contributed by atoms with Crippen molar-refractivity contribution in [2.75, 3.05) is 19.6 Å². The molecule has 0 radical (unpaired) electrons. The normalized spacial score (nSPS) is 23.4. The van der Waals surface area contributed by atoms with Crippen molar-refractivity contribution in [3.8, 4) is 0 Å². The van der Waals surface area contributed by atoms with Gasteiger partial charge in [-0.15, -0.1) is 0 Å². The number of nitrogens with one attached hydrogen (secondary N) is 1. The minimum atomic E-state index is 0.0568. The molecule has 0 aromatic carbocycles. The number of nitrogens with zero attached hydrogens (tertiary/aromatic N) is 2. The van der Waals surface area contributed by atoms with Gasteiger partial charge in [0.05, 0.1) is 0 Å². The molecule has 2 unspecified atom stereocenters. The molecule has 1 aromatic rings. The van der Waals surface area contributed by atoms with Crippen LogP contribution in [-0.2, 0) is 0 Å². The number of pyridine rings is 1. The van der Waals surface area contributed by atoms with Crippen LogP contribution in [0.2, 0.25) is 0 Å². The van der Waals surface area contributed by atoms with Crippen LogP contribution in [0.25, 0.3) is 0 Å². The van der Waals surface area contributed by atoms with Crippen LogP contribution in [0.3, 0.4) is 0 Å². The van der Waals surface area contributed by atoms with Gasteiger partial charge >= 0.3 is 0 Å². The first kappa shape index (κ1) is 14.0. The van der Waals surface area contributed by atoms with Gasteiger partial charge in [0.2, 0.25) is 0 Å². The highest BCUT2D eigenvalue weighted by molar-refractivity contribution is 5.92. The third-order valence-corrected chi connectivity index (χ3v) is 3.73. The van der Waals surface area contributed by atoms with Crippen LogP contribution in [0.4, 0.5) is 0 Å². The zero-order chi connectivity index (χ0) is 13.7. The summed E-state index contributed by atoms with van der Waals surface area (Å²) < 4.78 is 0. The Labute approximate surface area is 115 Å². The van der Waals surface area contributed by atoms with Gasteiger partial charge in [0.25, 0.3) is 5.91 Å². The van der Waals surface area contributed by atoms with Crippen LogP contribution < -0.4 is 5.32 Å². The minimum absolute atomic E-state index is 0.0568. The first-order chi connectivity index (χ1) is 9.22. The van der Waals surface area contributed by atoms with Crippen molar-refractivity contribution in [3.05, 3.63) is 30.1 Å². The van der Waals surface area contributed by atoms with E-state index >= 15 is 0 Å². The molecule has 0 spiro atoms. The summed E-state index contributed by atoms with van der Waals surface area (Å²) in [6, 6.07) is 6.02. The Morgan fingerprint density at radius 2 is 2.37 bits per heavy atom. The molecule has 2 rings (SSSR count). The third-order valence-electron chi connectivity index (χ3n) is 3.73. The Morgan fingerprint density at radius 3 is 3.00 bits per heavy atom. The highest BCUT2D eigenvalue weighted by Crippen LogP contribution is 2.18. The smallest absolute Gasteiger partial charge is 0.272 e. The van der Waals surface area contributed by atoms with Crippen molar-refractivity contribution in [1.29, 1.82) is 0 Å². The van der Waals surface area contributed by atoms with Crippen LogP contribution in [0.15, 0.2) is 24.4 Å². The zero-order valence-electron chi connectivity index (χ0n) is 11.8. The maximum Gasteiger partial charge on any atom is 0.272 e. The second kappa shape index (κ2) is 6.66. The van der Waals surface area contributed by atoms with E-state index in [-0.39, 0.29) is 5.91 Å². The SMILES string of the molecule is CCCNC1CCN(C(=O)c2ccccn2)CC1C. The molecule has 1 amide bonds. The monoisotopic (exact) mass is 261 g/mol. The van der Waals surface area contributed by atoms with E-state index in [0.29, 0.717) is 17.7 Å². The maximum atomic E-state index is 12.3. The predicted molar refractivity (Wildman–Crippen MR) is 76.0 cm³/mol. The van der Waals surface area contributed by atoms with Gasteiger partial charge in [-0.1, -0.05) is 19.9 Å². The van der Waals surface area contributed by atoms with Gasteiger partial charge in [0.1, 0.15) is 5.69 Å². The Kier molecular flexibility index (Phi) is 4.91. The number of likely N-dealkylation sites (tertiary alicyclic amines) is 1. The van der Waals surface area contributed by atoms with E-state index < -0.39 is 0 Å². The van der Waals surface area contributed by atoms with Crippen molar-refractivity contribution in [2.45, 2.75) is 32.7 Å². The van der Waals surface area contributed by atoms with Gasteiger partial charge in [-0.25, -0.2) is 0 Å². The molecule has 1 N–H and O–H groups in total. The predicted octanol–water partition coefficient (Wildman–Crippen LogP) is 1.93. The largest absolute Gasteiger partial charge is 0.337 e. The number of piperidine rings is 1. The first-order valence-electron chi connectivity index (χ1n) is 7.16. The molecule has 1 fully saturated rings. The lowest BCUT2D eigenvalue weighted by molar-refractivity contribution is 0.0639. The van der Waals surface area contributed by atoms with Crippen LogP contribution >= 0.6 is 0 Å². The standard InChI is InChI=1S/C15H23N3O/c1-3-8-16-13-7-10-18(11-12(13)2)15(19)14-6-4-5-9-17-14/h4-6,9,12-13,16H,3,7-8,10-11H2,1-2H3. The number of hydrogen-bond donors (Lipinski definition) is 1. The summed E-state index contributed by atoms with van der Waals surface area (Å²) in [6.07, 6.45) is 3.85. The number of carbonyl (C=O) groups excluding carboxylic acids is 1. The molecule has 19 heavy (non-hydrogen) atoms. The topological polar surface area (TPSA) is 45.2 Å². The highest BCUT2D eigenvalue weighted by atomic mass is 16.2. The molecule has 104 valence electrons. The highest BCUT2D eigenvalue weighted by Gasteiger charge is 2.28. The second-order valence-electron chi connectivity index (χ2n) is 5.29. The Bertz CT molecular complexity index is 407. The van der Waals surface area contributed by atoms with Gasteiger partial charge in [0.15, 0.2) is 0 Å². The van der Waals surface area contributed by atoms with Crippen molar-refractivity contribution < 1.29 is 4.79 Å². The summed E-state index contributed by atoms with van der Waals surface area (Å²) >= 11 is 0. The minimum Gasteiger partial charge on any atom is -0.337 e. The molecule has 4 nitrogen and oxygen atoms in total. The third kappa shape index (κ3) is 3.53. The molecule has 0 aliphatic carbocycles. The number of aromatic nitrogens is 1. The lowest BCUT2D eigenvalue weighted by Crippen LogP contribution is -2.50. The molecule has 0 saturated carbocycles. The summed E-state index contributed by atoms with van der Waals surface area (Å²) in [7, 11) is 0. The second-order valence-corrected chi connectivity index (χ2v) is 5.29. The molecule has 1 saturated heterocycles. The Morgan fingerprint density at radius 1 is 1.53 bits per heavy atom. The molecular formula is C15H23N3O. The van der Waals surface area contributed by atoms with Gasteiger partial charge in [-0.3, -0.25) is 9.78 Å². The average molecular weight is 261 g/mol. The van der Waals surface area contributed by atoms with Gasteiger partial charge in [-0.05, 0) is 37.4 Å². The summed E-state index contributed by atoms with van der Waals surface area (Å²) in [4.78, 5) is 18.4. The molecule has 1 aliphatic rings. The maximum absolute atomic E-state index is 12.3. The fraction of sp³-hybridized carbons (Fsp3) is 0.600. The van der Waals surface area contributed by atoms with Gasteiger partial charge in [0, 0.05) is 25.3 Å². The Hall–Kier alpha value is -1.42. The number of carbonyl (C=O) groups is 1. The van der Waals surface area contributed by atoms with Crippen molar-refractivity contribution in [1.82, 2.24) is 15.2 Å². The summed E-state index contributed by atoms with van der Waals surface area (Å²) in [6.45, 7) is 7.09. The van der Waals surface area contributed by atoms with Crippen molar-refractivity contribution >= 4 is 5.91 Å². The van der Waals surface area contributed by atoms with Gasteiger partial charge in [-0.2, -0.15) is 0 Å². The average Bonchev–Trinajstić information content (AvgIpc) is 2.46. The van der Waals surface area contributed by atoms with Crippen molar-refractivity contribution in [3.63, 3.8) is 0 Å². The number of hydrogen-bond acceptors (Lipinski definition) is 3. The summed E-state index contributed by atoms with van der Waals surface area (Å²) in [5, 5.41) is 3.57. The zero-order valence-corrected chi connectivity index (χ0v) is 11.8. The van der Waals surface area contributed by atoms with E-state index in [1.165, 1.54) is 0 Å². The van der Waals surface area contributed by atoms with Crippen LogP contribution in [0.1, 0.15) is 37.2 Å². The fourth-order valence-electron chi connectivity index (χ4n) is 2.61. The van der Waals surface area contributed by atoms with E-state index in [2.05, 4.69) is 24.1 Å². The molecule has 0 bridgehead atoms. The summed E-state index contributed by atoms with van der Waals surface area (Å²) in [5.74, 6) is 0.550. The van der Waals surface area contributed by atoms with Crippen molar-refractivity contribution in [2.24, 2.45) is 5.92 Å². The lowest BCUT2D eigenvalue weighted by atomic mass is 9.93. The molecule has 2 atom stereocenters. The van der Waals surface area contributed by atoms with E-state index in [1.807, 2.05) is 17.0 Å². The first-order valence-corrected chi connectivity index (χ1v) is 7.16. The summed E-state index contributed by atoms with van der Waals surface area (Å²) in [5.41, 5.74) is 0.551. The van der Waals surface area contributed by atoms with E-state index in [9.17, 15) is 4.79 Å². The lowest BCUT2D eigenvalue weighted by Gasteiger charge is -2.37. The number of amides is 1. The molecule has 1 aliphatic heterocycles. The van der Waals surface area contributed by atoms with Crippen LogP contribution in [0.5, 0.6) is 0 Å². The molecular weight excluding hydrogens is 238 g/mol. The molecule has 1 aromatic heterocycles. The van der Waals surface area contributed by atoms with Crippen LogP contribution in [-0.4, -0.2) is 41.5 Å². The van der Waals surface area contributed by atoms with E-state index in [1.54, 1.807) is 12.3 Å². The van der Waals surface area contributed by atoms with Crippen LogP contribution in [0, 0.1) is 5.92 Å². The Balaban J connectivity index is 1.93. The van der Waals surface area contributed by atoms with E-state index in [4.69, 9.17) is 0 Å².